The average Bonchev–Trinajstić information content (AvgIpc) is 2.68. The van der Waals surface area contributed by atoms with E-state index in [2.05, 4.69) is 4.98 Å². The van der Waals surface area contributed by atoms with E-state index in [0.717, 1.165) is 11.8 Å². The Morgan fingerprint density at radius 1 is 1.43 bits per heavy atom. The van der Waals surface area contributed by atoms with Gasteiger partial charge in [-0.1, -0.05) is 6.07 Å². The number of amides is 1. The summed E-state index contributed by atoms with van der Waals surface area (Å²) in [5, 5.41) is 7.84. The van der Waals surface area contributed by atoms with Crippen molar-refractivity contribution in [3.63, 3.8) is 0 Å². The first kappa shape index (κ1) is 15.3. The third-order valence-electron chi connectivity index (χ3n) is 4.19. The van der Waals surface area contributed by atoms with Crippen LogP contribution in [-0.2, 0) is 24.2 Å². The largest absolute Gasteiger partial charge is 0.480 e. The number of hydrogen-bond donors (Lipinski definition) is 1. The Bertz CT molecular complexity index is 847. The summed E-state index contributed by atoms with van der Waals surface area (Å²) in [6.07, 6.45) is 2.87. The highest BCUT2D eigenvalue weighted by molar-refractivity contribution is 7.94. The molecule has 2 unspecified atom stereocenters. The van der Waals surface area contributed by atoms with Crippen LogP contribution in [-0.4, -0.2) is 57.7 Å². The number of carboxylic acid groups (broad SMARTS) is 1. The lowest BCUT2D eigenvalue weighted by atomic mass is 9.95. The molecule has 2 fully saturated rings. The lowest BCUT2D eigenvalue weighted by Gasteiger charge is -2.37. The van der Waals surface area contributed by atoms with E-state index < -0.39 is 37.9 Å². The molecule has 9 heteroatoms. The van der Waals surface area contributed by atoms with Gasteiger partial charge < -0.3 is 14.8 Å². The first-order chi connectivity index (χ1) is 10.8. The zero-order valence-corrected chi connectivity index (χ0v) is 12.7. The molecule has 0 spiro atoms. The third kappa shape index (κ3) is 1.79. The number of fused-ring (bicyclic) bond motifs is 1. The summed E-state index contributed by atoms with van der Waals surface area (Å²) < 4.78 is 23.1. The Balaban J connectivity index is 2.14. The summed E-state index contributed by atoms with van der Waals surface area (Å²) in [7, 11) is -4.21. The Hall–Kier alpha value is -2.55. The van der Waals surface area contributed by atoms with E-state index >= 15 is 0 Å². The highest BCUT2D eigenvalue weighted by atomic mass is 32.2. The van der Waals surface area contributed by atoms with E-state index in [-0.39, 0.29) is 11.9 Å². The molecule has 2 saturated heterocycles. The van der Waals surface area contributed by atoms with Crippen molar-refractivity contribution < 1.29 is 27.9 Å². The zero-order chi connectivity index (χ0) is 17.0. The number of sulfone groups is 1. The molecule has 8 nitrogen and oxygen atoms in total. The van der Waals surface area contributed by atoms with Gasteiger partial charge >= 0.3 is 5.97 Å². The van der Waals surface area contributed by atoms with E-state index in [4.69, 9.17) is 0 Å². The minimum absolute atomic E-state index is 0.0828. The van der Waals surface area contributed by atoms with Crippen LogP contribution in [0.1, 0.15) is 12.6 Å². The molecule has 0 saturated carbocycles. The maximum Gasteiger partial charge on any atom is 0.328 e. The highest BCUT2D eigenvalue weighted by Crippen LogP contribution is 2.48. The minimum atomic E-state index is -4.21. The molecule has 1 aromatic rings. The van der Waals surface area contributed by atoms with Crippen LogP contribution in [0.2, 0.25) is 0 Å². The number of aromatic nitrogens is 1. The van der Waals surface area contributed by atoms with Gasteiger partial charge in [-0.05, 0) is 25.1 Å². The van der Waals surface area contributed by atoms with Crippen LogP contribution < -0.4 is 0 Å². The SMILES string of the molecule is CC1(C=O)[C@H](C(=O)O)N2C(=O)/C(=C/c3ccccn3)C2S1(=O)=O. The van der Waals surface area contributed by atoms with Gasteiger partial charge in [-0.3, -0.25) is 9.78 Å². The van der Waals surface area contributed by atoms with E-state index in [1.54, 1.807) is 18.2 Å². The summed E-state index contributed by atoms with van der Waals surface area (Å²) >= 11 is 0. The van der Waals surface area contributed by atoms with Gasteiger partial charge in [-0.25, -0.2) is 13.2 Å². The van der Waals surface area contributed by atoms with Crippen LogP contribution in [0.25, 0.3) is 6.08 Å². The lowest BCUT2D eigenvalue weighted by molar-refractivity contribution is -0.153. The molecule has 3 heterocycles. The van der Waals surface area contributed by atoms with Crippen LogP contribution in [0.4, 0.5) is 0 Å². The van der Waals surface area contributed by atoms with E-state index in [1.807, 2.05) is 0 Å². The second-order valence-corrected chi connectivity index (χ2v) is 7.92. The van der Waals surface area contributed by atoms with Crippen LogP contribution in [0.15, 0.2) is 30.0 Å². The van der Waals surface area contributed by atoms with Gasteiger partial charge in [0.25, 0.3) is 5.91 Å². The smallest absolute Gasteiger partial charge is 0.328 e. The summed E-state index contributed by atoms with van der Waals surface area (Å²) in [5.74, 6) is -2.25. The molecular formula is C14H12N2O6S. The molecule has 0 aromatic carbocycles. The van der Waals surface area contributed by atoms with Gasteiger partial charge in [0.05, 0.1) is 11.3 Å². The van der Waals surface area contributed by atoms with Crippen LogP contribution in [0.5, 0.6) is 0 Å². The minimum Gasteiger partial charge on any atom is -0.480 e. The Morgan fingerprint density at radius 2 is 2.13 bits per heavy atom. The predicted molar refractivity (Wildman–Crippen MR) is 77.7 cm³/mol. The van der Waals surface area contributed by atoms with Crippen LogP contribution in [0, 0.1) is 0 Å². The van der Waals surface area contributed by atoms with Gasteiger partial charge in [0, 0.05) is 6.20 Å². The molecule has 23 heavy (non-hydrogen) atoms. The number of carboxylic acids is 1. The first-order valence-corrected chi connectivity index (χ1v) is 8.18. The molecule has 2 aliphatic heterocycles. The number of aliphatic carboxylic acids is 1. The number of rotatable bonds is 3. The summed E-state index contributed by atoms with van der Waals surface area (Å²) in [5.41, 5.74) is 0.290. The fourth-order valence-corrected chi connectivity index (χ4v) is 5.10. The van der Waals surface area contributed by atoms with Crippen molar-refractivity contribution in [1.82, 2.24) is 9.88 Å². The molecule has 1 aromatic heterocycles. The predicted octanol–water partition coefficient (Wildman–Crippen LogP) is -0.528. The highest BCUT2D eigenvalue weighted by Gasteiger charge is 2.72. The maximum absolute atomic E-state index is 12.6. The lowest BCUT2D eigenvalue weighted by Crippen LogP contribution is -2.59. The van der Waals surface area contributed by atoms with E-state index in [1.165, 1.54) is 12.3 Å². The number of β-lactam (4-membered cyclic amide) rings is 1. The molecule has 0 bridgehead atoms. The van der Waals surface area contributed by atoms with Crippen molar-refractivity contribution in [3.05, 3.63) is 35.7 Å². The zero-order valence-electron chi connectivity index (χ0n) is 11.9. The molecule has 3 rings (SSSR count). The molecule has 1 amide bonds. The van der Waals surface area contributed by atoms with Crippen molar-refractivity contribution in [2.45, 2.75) is 23.1 Å². The molecular weight excluding hydrogens is 324 g/mol. The normalized spacial score (nSPS) is 33.2. The summed E-state index contributed by atoms with van der Waals surface area (Å²) in [6.45, 7) is 1.03. The van der Waals surface area contributed by atoms with Crippen LogP contribution in [0.3, 0.4) is 0 Å². The first-order valence-electron chi connectivity index (χ1n) is 6.63. The number of nitrogens with zero attached hydrogens (tertiary/aromatic N) is 2. The average molecular weight is 336 g/mol. The molecule has 1 N–H and O–H groups in total. The van der Waals surface area contributed by atoms with Gasteiger partial charge in [0.15, 0.2) is 26.0 Å². The second-order valence-electron chi connectivity index (χ2n) is 5.51. The van der Waals surface area contributed by atoms with Gasteiger partial charge in [0.1, 0.15) is 6.29 Å². The quantitative estimate of drug-likeness (QED) is 0.447. The number of carbonyl (C=O) groups excluding carboxylic acids is 2. The van der Waals surface area contributed by atoms with Crippen molar-refractivity contribution in [3.8, 4) is 0 Å². The standard InChI is InChI=1S/C14H12N2O6S/c1-14(7-17)10(13(19)20)16-11(18)9(12(16)23(14,21)22)6-8-4-2-3-5-15-8/h2-7,10,12H,1H3,(H,19,20)/b9-6-/t10-,12?,14?/m0/s1. The number of aldehydes is 1. The monoisotopic (exact) mass is 336 g/mol. The Labute approximate surface area is 131 Å². The molecule has 3 atom stereocenters. The number of pyridine rings is 1. The van der Waals surface area contributed by atoms with Crippen molar-refractivity contribution in [2.24, 2.45) is 0 Å². The molecule has 2 aliphatic rings. The number of carbonyl (C=O) groups is 3. The number of hydrogen-bond acceptors (Lipinski definition) is 6. The van der Waals surface area contributed by atoms with E-state index in [0.29, 0.717) is 5.69 Å². The second kappa shape index (κ2) is 4.72. The fraction of sp³-hybridized carbons (Fsp3) is 0.286. The molecule has 0 aliphatic carbocycles. The molecule has 120 valence electrons. The summed E-state index contributed by atoms with van der Waals surface area (Å²) in [4.78, 5) is 39.7. The Morgan fingerprint density at radius 3 is 2.65 bits per heavy atom. The fourth-order valence-electron chi connectivity index (χ4n) is 2.94. The Kier molecular flexibility index (Phi) is 3.15. The van der Waals surface area contributed by atoms with Crippen molar-refractivity contribution in [2.75, 3.05) is 0 Å². The van der Waals surface area contributed by atoms with Crippen LogP contribution >= 0.6 is 0 Å². The van der Waals surface area contributed by atoms with E-state index in [9.17, 15) is 27.9 Å². The maximum atomic E-state index is 12.6. The van der Waals surface area contributed by atoms with Gasteiger partial charge in [-0.15, -0.1) is 0 Å². The third-order valence-corrected chi connectivity index (χ3v) is 6.80. The molecule has 0 radical (unpaired) electrons. The van der Waals surface area contributed by atoms with Gasteiger partial charge in [0.2, 0.25) is 0 Å². The van der Waals surface area contributed by atoms with Crippen molar-refractivity contribution in [1.29, 1.82) is 0 Å². The van der Waals surface area contributed by atoms with Gasteiger partial charge in [-0.2, -0.15) is 0 Å². The summed E-state index contributed by atoms with van der Waals surface area (Å²) in [6, 6.07) is 3.17. The topological polar surface area (TPSA) is 122 Å². The van der Waals surface area contributed by atoms with Crippen molar-refractivity contribution >= 4 is 34.1 Å².